The van der Waals surface area contributed by atoms with Gasteiger partial charge in [-0.2, -0.15) is 0 Å². The highest BCUT2D eigenvalue weighted by molar-refractivity contribution is 5.92. The lowest BCUT2D eigenvalue weighted by atomic mass is 10.1. The Hall–Kier alpha value is -3.22. The summed E-state index contributed by atoms with van der Waals surface area (Å²) in [5, 5.41) is 6.21. The predicted octanol–water partition coefficient (Wildman–Crippen LogP) is 3.81. The Balaban J connectivity index is 1.69. The maximum atomic E-state index is 13.5. The predicted molar refractivity (Wildman–Crippen MR) is 87.2 cm³/mol. The quantitative estimate of drug-likeness (QED) is 0.764. The Morgan fingerprint density at radius 2 is 2.04 bits per heavy atom. The van der Waals surface area contributed by atoms with Gasteiger partial charge in [-0.3, -0.25) is 4.79 Å². The Kier molecular flexibility index (Phi) is 4.74. The van der Waals surface area contributed by atoms with E-state index in [1.807, 2.05) is 6.07 Å². The van der Waals surface area contributed by atoms with E-state index >= 15 is 0 Å². The van der Waals surface area contributed by atoms with Gasteiger partial charge in [0.25, 0.3) is 0 Å². The minimum atomic E-state index is -0.842. The normalized spacial score (nSPS) is 10.5. The number of halogens is 2. The lowest BCUT2D eigenvalue weighted by molar-refractivity contribution is -0.115. The lowest BCUT2D eigenvalue weighted by Gasteiger charge is -2.04. The van der Waals surface area contributed by atoms with Gasteiger partial charge in [0.05, 0.1) is 24.9 Å². The van der Waals surface area contributed by atoms with Crippen LogP contribution in [0.1, 0.15) is 5.69 Å². The molecule has 0 unspecified atom stereocenters. The van der Waals surface area contributed by atoms with Crippen molar-refractivity contribution in [1.82, 2.24) is 5.16 Å². The van der Waals surface area contributed by atoms with Gasteiger partial charge in [0, 0.05) is 17.7 Å². The van der Waals surface area contributed by atoms with Gasteiger partial charge in [0.2, 0.25) is 5.91 Å². The molecule has 0 bridgehead atoms. The number of methoxy groups -OCH3 is 1. The molecule has 1 N–H and O–H groups in total. The van der Waals surface area contributed by atoms with Crippen molar-refractivity contribution < 1.29 is 22.8 Å². The minimum Gasteiger partial charge on any atom is -0.497 e. The molecule has 0 aliphatic heterocycles. The molecule has 25 heavy (non-hydrogen) atoms. The Bertz CT molecular complexity index is 909. The van der Waals surface area contributed by atoms with Crippen LogP contribution in [0.2, 0.25) is 0 Å². The number of nitrogens with zero attached hydrogens (tertiary/aromatic N) is 1. The molecule has 0 radical (unpaired) electrons. The van der Waals surface area contributed by atoms with Crippen LogP contribution in [0.25, 0.3) is 11.3 Å². The van der Waals surface area contributed by atoms with Gasteiger partial charge >= 0.3 is 0 Å². The summed E-state index contributed by atoms with van der Waals surface area (Å²) in [6.45, 7) is 0. The highest BCUT2D eigenvalue weighted by Crippen LogP contribution is 2.24. The first-order valence-electron chi connectivity index (χ1n) is 7.40. The first kappa shape index (κ1) is 16.6. The average Bonchev–Trinajstić information content (AvgIpc) is 3.06. The Labute approximate surface area is 142 Å². The number of carbonyl (C=O) groups excluding carboxylic acids is 1. The molecule has 3 aromatic rings. The van der Waals surface area contributed by atoms with E-state index in [0.29, 0.717) is 23.3 Å². The second-order valence-electron chi connectivity index (χ2n) is 5.26. The van der Waals surface area contributed by atoms with E-state index in [9.17, 15) is 13.6 Å². The highest BCUT2D eigenvalue weighted by atomic mass is 19.1. The largest absolute Gasteiger partial charge is 0.497 e. The molecule has 0 atom stereocenters. The molecule has 0 fully saturated rings. The van der Waals surface area contributed by atoms with Crippen LogP contribution >= 0.6 is 0 Å². The number of rotatable bonds is 5. The number of benzene rings is 2. The van der Waals surface area contributed by atoms with Crippen molar-refractivity contribution in [3.63, 3.8) is 0 Å². The fraction of sp³-hybridized carbons (Fsp3) is 0.111. The van der Waals surface area contributed by atoms with Gasteiger partial charge in [-0.15, -0.1) is 0 Å². The van der Waals surface area contributed by atoms with E-state index in [-0.39, 0.29) is 12.1 Å². The smallest absolute Gasteiger partial charge is 0.230 e. The Morgan fingerprint density at radius 3 is 2.80 bits per heavy atom. The number of ether oxygens (including phenoxy) is 1. The van der Waals surface area contributed by atoms with Crippen molar-refractivity contribution >= 4 is 11.6 Å². The van der Waals surface area contributed by atoms with Gasteiger partial charge in [0.15, 0.2) is 5.76 Å². The molecule has 7 heteroatoms. The highest BCUT2D eigenvalue weighted by Gasteiger charge is 2.13. The number of carbonyl (C=O) groups is 1. The van der Waals surface area contributed by atoms with Crippen molar-refractivity contribution in [1.29, 1.82) is 0 Å². The molecule has 0 spiro atoms. The molecule has 128 valence electrons. The summed E-state index contributed by atoms with van der Waals surface area (Å²) in [6.07, 6.45) is -0.107. The fourth-order valence-electron chi connectivity index (χ4n) is 2.26. The van der Waals surface area contributed by atoms with E-state index in [4.69, 9.17) is 9.26 Å². The molecule has 3 rings (SSSR count). The minimum absolute atomic E-state index is 0.0945. The second-order valence-corrected chi connectivity index (χ2v) is 5.26. The van der Waals surface area contributed by atoms with Gasteiger partial charge in [0.1, 0.15) is 17.4 Å². The summed E-state index contributed by atoms with van der Waals surface area (Å²) in [5.74, 6) is -0.897. The molecule has 0 saturated carbocycles. The van der Waals surface area contributed by atoms with E-state index in [1.54, 1.807) is 31.4 Å². The number of hydrogen-bond acceptors (Lipinski definition) is 4. The summed E-state index contributed by atoms with van der Waals surface area (Å²) in [5.41, 5.74) is 1.05. The zero-order valence-corrected chi connectivity index (χ0v) is 13.3. The summed E-state index contributed by atoms with van der Waals surface area (Å²) in [4.78, 5) is 12.0. The van der Waals surface area contributed by atoms with E-state index in [2.05, 4.69) is 10.5 Å². The first-order chi connectivity index (χ1) is 12.0. The third-order valence-electron chi connectivity index (χ3n) is 3.46. The maximum absolute atomic E-state index is 13.5. The van der Waals surface area contributed by atoms with Crippen LogP contribution in [0.15, 0.2) is 53.1 Å². The monoisotopic (exact) mass is 344 g/mol. The van der Waals surface area contributed by atoms with Crippen LogP contribution < -0.4 is 10.1 Å². The zero-order valence-electron chi connectivity index (χ0n) is 13.3. The van der Waals surface area contributed by atoms with Crippen LogP contribution in [0, 0.1) is 11.6 Å². The van der Waals surface area contributed by atoms with Crippen LogP contribution in [-0.4, -0.2) is 18.2 Å². The maximum Gasteiger partial charge on any atom is 0.230 e. The Morgan fingerprint density at radius 1 is 1.20 bits per heavy atom. The van der Waals surface area contributed by atoms with Crippen molar-refractivity contribution in [3.8, 4) is 17.1 Å². The first-order valence-corrected chi connectivity index (χ1v) is 7.40. The number of anilines is 1. The number of nitrogens with one attached hydrogen (secondary N) is 1. The number of hydrogen-bond donors (Lipinski definition) is 1. The second kappa shape index (κ2) is 7.12. The van der Waals surface area contributed by atoms with Crippen molar-refractivity contribution in [3.05, 3.63) is 65.9 Å². The van der Waals surface area contributed by atoms with Gasteiger partial charge in [-0.25, -0.2) is 8.78 Å². The molecule has 0 aliphatic rings. The third-order valence-corrected chi connectivity index (χ3v) is 3.46. The number of aromatic nitrogens is 1. The lowest BCUT2D eigenvalue weighted by Crippen LogP contribution is -2.15. The SMILES string of the molecule is COc1cccc(-c2cc(CC(=O)Nc3ccc(F)cc3F)no2)c1. The van der Waals surface area contributed by atoms with E-state index < -0.39 is 17.5 Å². The molecule has 1 heterocycles. The molecular weight excluding hydrogens is 330 g/mol. The molecule has 1 amide bonds. The average molecular weight is 344 g/mol. The van der Waals surface area contributed by atoms with Gasteiger partial charge in [-0.05, 0) is 24.3 Å². The van der Waals surface area contributed by atoms with E-state index in [0.717, 1.165) is 17.7 Å². The summed E-state index contributed by atoms with van der Waals surface area (Å²) in [7, 11) is 1.56. The molecule has 2 aromatic carbocycles. The van der Waals surface area contributed by atoms with Crippen LogP contribution in [0.4, 0.5) is 14.5 Å². The van der Waals surface area contributed by atoms with E-state index in [1.165, 1.54) is 0 Å². The van der Waals surface area contributed by atoms with Crippen LogP contribution in [0.3, 0.4) is 0 Å². The van der Waals surface area contributed by atoms with Gasteiger partial charge < -0.3 is 14.6 Å². The van der Waals surface area contributed by atoms with Crippen LogP contribution in [0.5, 0.6) is 5.75 Å². The van der Waals surface area contributed by atoms with Crippen LogP contribution in [-0.2, 0) is 11.2 Å². The molecular formula is C18H14F2N2O3. The fourth-order valence-corrected chi connectivity index (χ4v) is 2.26. The number of amides is 1. The molecule has 5 nitrogen and oxygen atoms in total. The van der Waals surface area contributed by atoms with Crippen molar-refractivity contribution in [2.45, 2.75) is 6.42 Å². The van der Waals surface area contributed by atoms with Crippen molar-refractivity contribution in [2.24, 2.45) is 0 Å². The molecule has 1 aromatic heterocycles. The van der Waals surface area contributed by atoms with Crippen molar-refractivity contribution in [2.75, 3.05) is 12.4 Å². The molecule has 0 aliphatic carbocycles. The standard InChI is InChI=1S/C18H14F2N2O3/c1-24-14-4-2-3-11(7-14)17-9-13(22-25-17)10-18(23)21-16-6-5-12(19)8-15(16)20/h2-9H,10H2,1H3,(H,21,23). The topological polar surface area (TPSA) is 64.4 Å². The molecule has 0 saturated heterocycles. The van der Waals surface area contributed by atoms with Gasteiger partial charge in [-0.1, -0.05) is 17.3 Å². The zero-order chi connectivity index (χ0) is 17.8. The summed E-state index contributed by atoms with van der Waals surface area (Å²) < 4.78 is 36.8. The third kappa shape index (κ3) is 4.00. The summed E-state index contributed by atoms with van der Waals surface area (Å²) >= 11 is 0. The summed E-state index contributed by atoms with van der Waals surface area (Å²) in [6, 6.07) is 11.7.